The lowest BCUT2D eigenvalue weighted by atomic mass is 10.0. The summed E-state index contributed by atoms with van der Waals surface area (Å²) < 4.78 is 12.9. The van der Waals surface area contributed by atoms with E-state index in [-0.39, 0.29) is 18.0 Å². The summed E-state index contributed by atoms with van der Waals surface area (Å²) in [5, 5.41) is 0. The zero-order chi connectivity index (χ0) is 10.6. The highest BCUT2D eigenvalue weighted by Gasteiger charge is 2.05. The highest BCUT2D eigenvalue weighted by Crippen LogP contribution is 2.11. The van der Waals surface area contributed by atoms with Gasteiger partial charge in [-0.1, -0.05) is 12.1 Å². The minimum atomic E-state index is -0.294. The number of rotatable bonds is 4. The van der Waals surface area contributed by atoms with Gasteiger partial charge >= 0.3 is 0 Å². The zero-order valence-corrected chi connectivity index (χ0v) is 8.22. The molecule has 1 aromatic carbocycles. The molecule has 0 atom stereocenters. The number of carbonyl (C=O) groups excluding carboxylic acids is 1. The van der Waals surface area contributed by atoms with Crippen LogP contribution in [0.1, 0.15) is 17.5 Å². The minimum absolute atomic E-state index is 0.0636. The molecular formula is C12H13FO. The molecule has 0 aliphatic rings. The monoisotopic (exact) mass is 192 g/mol. The van der Waals surface area contributed by atoms with Crippen LogP contribution in [0, 0.1) is 12.7 Å². The van der Waals surface area contributed by atoms with Crippen molar-refractivity contribution in [3.8, 4) is 0 Å². The molecular weight excluding hydrogens is 179 g/mol. The molecule has 0 saturated carbocycles. The van der Waals surface area contributed by atoms with Crippen molar-refractivity contribution in [2.75, 3.05) is 0 Å². The van der Waals surface area contributed by atoms with E-state index in [1.165, 1.54) is 12.1 Å². The first-order valence-electron chi connectivity index (χ1n) is 4.51. The molecule has 1 aromatic rings. The largest absolute Gasteiger partial charge is 0.299 e. The Balaban J connectivity index is 2.80. The maximum atomic E-state index is 12.9. The number of halogens is 1. The van der Waals surface area contributed by atoms with Crippen LogP contribution in [-0.4, -0.2) is 5.78 Å². The van der Waals surface area contributed by atoms with Crippen molar-refractivity contribution in [2.45, 2.75) is 19.8 Å². The van der Waals surface area contributed by atoms with Crippen molar-refractivity contribution < 1.29 is 9.18 Å². The van der Waals surface area contributed by atoms with Gasteiger partial charge in [-0.15, -0.1) is 6.58 Å². The van der Waals surface area contributed by atoms with Gasteiger partial charge in [0.15, 0.2) is 0 Å². The fraction of sp³-hybridized carbons (Fsp3) is 0.250. The summed E-state index contributed by atoms with van der Waals surface area (Å²) >= 11 is 0. The second-order valence-corrected chi connectivity index (χ2v) is 3.28. The highest BCUT2D eigenvalue weighted by molar-refractivity contribution is 5.82. The number of hydrogen-bond donors (Lipinski definition) is 0. The first-order chi connectivity index (χ1) is 6.63. The van der Waals surface area contributed by atoms with Crippen LogP contribution in [-0.2, 0) is 11.2 Å². The van der Waals surface area contributed by atoms with Crippen molar-refractivity contribution in [2.24, 2.45) is 0 Å². The first-order valence-corrected chi connectivity index (χ1v) is 4.51. The second kappa shape index (κ2) is 4.70. The predicted molar refractivity (Wildman–Crippen MR) is 54.7 cm³/mol. The van der Waals surface area contributed by atoms with Gasteiger partial charge in [-0.2, -0.15) is 0 Å². The van der Waals surface area contributed by atoms with Crippen LogP contribution in [0.5, 0.6) is 0 Å². The van der Waals surface area contributed by atoms with E-state index >= 15 is 0 Å². The van der Waals surface area contributed by atoms with Gasteiger partial charge in [0.2, 0.25) is 0 Å². The number of Topliss-reactive ketones (excluding diaryl/α,β-unsaturated/α-hetero) is 1. The third-order valence-electron chi connectivity index (χ3n) is 2.07. The zero-order valence-electron chi connectivity index (χ0n) is 8.22. The van der Waals surface area contributed by atoms with Gasteiger partial charge in [-0.3, -0.25) is 4.79 Å². The van der Waals surface area contributed by atoms with E-state index in [0.29, 0.717) is 6.42 Å². The smallest absolute Gasteiger partial charge is 0.141 e. The summed E-state index contributed by atoms with van der Waals surface area (Å²) in [6.45, 7) is 5.36. The Morgan fingerprint density at radius 3 is 2.93 bits per heavy atom. The normalized spacial score (nSPS) is 9.86. The van der Waals surface area contributed by atoms with Gasteiger partial charge in [0.1, 0.15) is 11.6 Å². The SMILES string of the molecule is C=CCC(=O)Cc1cc(F)ccc1C. The molecule has 0 unspecified atom stereocenters. The lowest BCUT2D eigenvalue weighted by Gasteiger charge is -2.03. The molecule has 0 fully saturated rings. The lowest BCUT2D eigenvalue weighted by molar-refractivity contribution is -0.117. The number of benzene rings is 1. The average molecular weight is 192 g/mol. The summed E-state index contributed by atoms with van der Waals surface area (Å²) in [5.74, 6) is -0.231. The number of aryl methyl sites for hydroxylation is 1. The third-order valence-corrected chi connectivity index (χ3v) is 2.07. The molecule has 1 rings (SSSR count). The Kier molecular flexibility index (Phi) is 3.57. The molecule has 0 amide bonds. The molecule has 0 aliphatic carbocycles. The van der Waals surface area contributed by atoms with E-state index in [2.05, 4.69) is 6.58 Å². The van der Waals surface area contributed by atoms with Crippen LogP contribution in [0.4, 0.5) is 4.39 Å². The van der Waals surface area contributed by atoms with E-state index in [4.69, 9.17) is 0 Å². The highest BCUT2D eigenvalue weighted by atomic mass is 19.1. The number of hydrogen-bond acceptors (Lipinski definition) is 1. The molecule has 0 radical (unpaired) electrons. The van der Waals surface area contributed by atoms with Crippen LogP contribution in [0.15, 0.2) is 30.9 Å². The van der Waals surface area contributed by atoms with E-state index in [0.717, 1.165) is 11.1 Å². The summed E-state index contributed by atoms with van der Waals surface area (Å²) in [7, 11) is 0. The quantitative estimate of drug-likeness (QED) is 0.670. The van der Waals surface area contributed by atoms with Crippen molar-refractivity contribution in [3.63, 3.8) is 0 Å². The number of allylic oxidation sites excluding steroid dienone is 1. The van der Waals surface area contributed by atoms with Crippen molar-refractivity contribution in [1.82, 2.24) is 0 Å². The van der Waals surface area contributed by atoms with Gasteiger partial charge in [0.25, 0.3) is 0 Å². The maximum Gasteiger partial charge on any atom is 0.141 e. The molecule has 14 heavy (non-hydrogen) atoms. The summed E-state index contributed by atoms with van der Waals surface area (Å²) in [6.07, 6.45) is 2.20. The molecule has 0 N–H and O–H groups in total. The van der Waals surface area contributed by atoms with Gasteiger partial charge < -0.3 is 0 Å². The Morgan fingerprint density at radius 1 is 1.57 bits per heavy atom. The Labute approximate surface area is 83.3 Å². The summed E-state index contributed by atoms with van der Waals surface area (Å²) in [4.78, 5) is 11.3. The topological polar surface area (TPSA) is 17.1 Å². The molecule has 0 heterocycles. The van der Waals surface area contributed by atoms with Crippen LogP contribution in [0.25, 0.3) is 0 Å². The predicted octanol–water partition coefficient (Wildman–Crippen LogP) is 2.82. The minimum Gasteiger partial charge on any atom is -0.299 e. The average Bonchev–Trinajstić information content (AvgIpc) is 2.12. The van der Waals surface area contributed by atoms with Gasteiger partial charge in [0, 0.05) is 12.8 Å². The molecule has 0 aromatic heterocycles. The fourth-order valence-corrected chi connectivity index (χ4v) is 1.28. The van der Waals surface area contributed by atoms with Crippen LogP contribution in [0.3, 0.4) is 0 Å². The van der Waals surface area contributed by atoms with Crippen molar-refractivity contribution >= 4 is 5.78 Å². The molecule has 74 valence electrons. The van der Waals surface area contributed by atoms with E-state index in [1.54, 1.807) is 12.1 Å². The molecule has 1 nitrogen and oxygen atoms in total. The lowest BCUT2D eigenvalue weighted by Crippen LogP contribution is -2.02. The number of ketones is 1. The molecule has 0 saturated heterocycles. The van der Waals surface area contributed by atoms with Crippen LogP contribution < -0.4 is 0 Å². The van der Waals surface area contributed by atoms with Gasteiger partial charge in [-0.25, -0.2) is 4.39 Å². The van der Waals surface area contributed by atoms with Crippen molar-refractivity contribution in [1.29, 1.82) is 0 Å². The number of carbonyl (C=O) groups is 1. The molecule has 0 bridgehead atoms. The van der Waals surface area contributed by atoms with E-state index in [1.807, 2.05) is 6.92 Å². The van der Waals surface area contributed by atoms with Crippen LogP contribution >= 0.6 is 0 Å². The second-order valence-electron chi connectivity index (χ2n) is 3.28. The first kappa shape index (κ1) is 10.6. The molecule has 0 aliphatic heterocycles. The van der Waals surface area contributed by atoms with E-state index in [9.17, 15) is 9.18 Å². The Morgan fingerprint density at radius 2 is 2.29 bits per heavy atom. The molecule has 0 spiro atoms. The Hall–Kier alpha value is -1.44. The summed E-state index contributed by atoms with van der Waals surface area (Å²) in [5.41, 5.74) is 1.71. The standard InChI is InChI=1S/C12H13FO/c1-3-4-12(14)8-10-7-11(13)6-5-9(10)2/h3,5-7H,1,4,8H2,2H3. The van der Waals surface area contributed by atoms with Crippen LogP contribution in [0.2, 0.25) is 0 Å². The maximum absolute atomic E-state index is 12.9. The third kappa shape index (κ3) is 2.80. The van der Waals surface area contributed by atoms with Gasteiger partial charge in [-0.05, 0) is 30.2 Å². The van der Waals surface area contributed by atoms with Gasteiger partial charge in [0.05, 0.1) is 0 Å². The van der Waals surface area contributed by atoms with Crippen molar-refractivity contribution in [3.05, 3.63) is 47.8 Å². The fourth-order valence-electron chi connectivity index (χ4n) is 1.28. The summed E-state index contributed by atoms with van der Waals surface area (Å²) in [6, 6.07) is 4.50. The molecule has 2 heteroatoms. The Bertz CT molecular complexity index is 355. The van der Waals surface area contributed by atoms with E-state index < -0.39 is 0 Å².